The van der Waals surface area contributed by atoms with Crippen LogP contribution in [0.3, 0.4) is 0 Å². The number of aliphatic carboxylic acids is 4. The highest BCUT2D eigenvalue weighted by Gasteiger charge is 2.12. The van der Waals surface area contributed by atoms with Gasteiger partial charge in [0.05, 0.1) is 30.5 Å². The molecule has 1 aliphatic rings. The molecule has 0 bridgehead atoms. The molecule has 156 valence electrons. The predicted octanol–water partition coefficient (Wildman–Crippen LogP) is -5.33. The van der Waals surface area contributed by atoms with Crippen LogP contribution in [0, 0.1) is 0 Å². The SMILES string of the molecule is CN1CCCN(CCNc2ccccc2)C1.O=C([O-])C(=O)[O-].O=C([O-])C(=O)[O-]. The lowest BCUT2D eigenvalue weighted by Gasteiger charge is -2.33. The third kappa shape index (κ3) is 13.1. The quantitative estimate of drug-likeness (QED) is 0.481. The van der Waals surface area contributed by atoms with Gasteiger partial charge in [-0.2, -0.15) is 0 Å². The molecule has 2 rings (SSSR count). The zero-order chi connectivity index (χ0) is 21.5. The molecule has 1 aliphatic heterocycles. The first kappa shape index (κ1) is 24.8. The first-order chi connectivity index (χ1) is 13.1. The van der Waals surface area contributed by atoms with E-state index in [2.05, 4.69) is 46.4 Å². The summed E-state index contributed by atoms with van der Waals surface area (Å²) in [4.78, 5) is 40.6. The fourth-order valence-electron chi connectivity index (χ4n) is 2.14. The molecule has 0 atom stereocenters. The second-order valence-electron chi connectivity index (χ2n) is 5.64. The van der Waals surface area contributed by atoms with Crippen molar-refractivity contribution in [1.29, 1.82) is 0 Å². The molecule has 0 unspecified atom stereocenters. The van der Waals surface area contributed by atoms with Gasteiger partial charge in [-0.1, -0.05) is 18.2 Å². The first-order valence-electron chi connectivity index (χ1n) is 8.18. The fraction of sp³-hybridized carbons (Fsp3) is 0.412. The second kappa shape index (κ2) is 13.9. The Hall–Kier alpha value is -3.18. The van der Waals surface area contributed by atoms with Gasteiger partial charge in [-0.3, -0.25) is 9.80 Å². The number of para-hydroxylation sites is 1. The molecule has 1 aromatic rings. The Bertz CT molecular complexity index is 591. The molecule has 0 aromatic heterocycles. The van der Waals surface area contributed by atoms with Crippen molar-refractivity contribution in [3.05, 3.63) is 30.3 Å². The maximum absolute atomic E-state index is 8.93. The van der Waals surface area contributed by atoms with Crippen LogP contribution in [-0.4, -0.2) is 73.6 Å². The molecule has 1 heterocycles. The molecular formula is C17H21N3O8-4. The zero-order valence-electron chi connectivity index (χ0n) is 15.3. The van der Waals surface area contributed by atoms with Crippen LogP contribution in [0.1, 0.15) is 6.42 Å². The summed E-state index contributed by atoms with van der Waals surface area (Å²) in [6.45, 7) is 5.73. The molecule has 0 aliphatic carbocycles. The van der Waals surface area contributed by atoms with Gasteiger partial charge in [0.25, 0.3) is 0 Å². The summed E-state index contributed by atoms with van der Waals surface area (Å²) in [6, 6.07) is 10.4. The molecule has 1 aromatic carbocycles. The lowest BCUT2D eigenvalue weighted by Crippen LogP contribution is -2.44. The summed E-state index contributed by atoms with van der Waals surface area (Å²) in [6.07, 6.45) is 1.29. The van der Waals surface area contributed by atoms with Crippen molar-refractivity contribution in [2.75, 3.05) is 45.2 Å². The van der Waals surface area contributed by atoms with Crippen molar-refractivity contribution in [3.63, 3.8) is 0 Å². The number of rotatable bonds is 4. The highest BCUT2D eigenvalue weighted by molar-refractivity contribution is 6.25. The molecular weight excluding hydrogens is 374 g/mol. The van der Waals surface area contributed by atoms with E-state index in [1.165, 1.54) is 25.2 Å². The minimum absolute atomic E-state index is 1.03. The number of nitrogens with one attached hydrogen (secondary N) is 1. The van der Waals surface area contributed by atoms with Crippen molar-refractivity contribution in [2.45, 2.75) is 6.42 Å². The van der Waals surface area contributed by atoms with E-state index in [0.717, 1.165) is 19.8 Å². The van der Waals surface area contributed by atoms with E-state index in [4.69, 9.17) is 39.6 Å². The van der Waals surface area contributed by atoms with Crippen molar-refractivity contribution in [3.8, 4) is 0 Å². The Morgan fingerprint density at radius 3 is 1.82 bits per heavy atom. The topological polar surface area (TPSA) is 179 Å². The van der Waals surface area contributed by atoms with E-state index >= 15 is 0 Å². The van der Waals surface area contributed by atoms with Crippen LogP contribution >= 0.6 is 0 Å². The average molecular weight is 395 g/mol. The van der Waals surface area contributed by atoms with Crippen molar-refractivity contribution in [2.24, 2.45) is 0 Å². The summed E-state index contributed by atoms with van der Waals surface area (Å²) in [5, 5.41) is 39.2. The molecule has 11 heteroatoms. The van der Waals surface area contributed by atoms with Crippen LogP contribution in [-0.2, 0) is 19.2 Å². The van der Waals surface area contributed by atoms with Gasteiger partial charge in [-0.15, -0.1) is 0 Å². The number of hydrogen-bond donors (Lipinski definition) is 1. The maximum atomic E-state index is 8.93. The number of carbonyl (C=O) groups excluding carboxylic acids is 4. The Morgan fingerprint density at radius 2 is 1.39 bits per heavy atom. The highest BCUT2D eigenvalue weighted by Crippen LogP contribution is 2.06. The number of benzene rings is 1. The summed E-state index contributed by atoms with van der Waals surface area (Å²) in [7, 11) is 2.19. The maximum Gasteiger partial charge on any atom is 0.0870 e. The summed E-state index contributed by atoms with van der Waals surface area (Å²) < 4.78 is 0. The van der Waals surface area contributed by atoms with E-state index in [1.807, 2.05) is 6.07 Å². The Labute approximate surface area is 161 Å². The summed E-state index contributed by atoms with van der Waals surface area (Å²) in [5.41, 5.74) is 1.22. The third-order valence-corrected chi connectivity index (χ3v) is 3.32. The molecule has 0 amide bonds. The molecule has 1 saturated heterocycles. The Morgan fingerprint density at radius 1 is 0.893 bits per heavy atom. The van der Waals surface area contributed by atoms with Crippen LogP contribution in [0.4, 0.5) is 5.69 Å². The van der Waals surface area contributed by atoms with Crippen LogP contribution in [0.5, 0.6) is 0 Å². The van der Waals surface area contributed by atoms with Crippen molar-refractivity contribution >= 4 is 29.6 Å². The second-order valence-corrected chi connectivity index (χ2v) is 5.64. The summed E-state index contributed by atoms with van der Waals surface area (Å²) >= 11 is 0. The monoisotopic (exact) mass is 395 g/mol. The zero-order valence-corrected chi connectivity index (χ0v) is 15.3. The molecule has 0 radical (unpaired) electrons. The molecule has 0 saturated carbocycles. The number of carboxylic acids is 4. The van der Waals surface area contributed by atoms with E-state index in [9.17, 15) is 0 Å². The van der Waals surface area contributed by atoms with Gasteiger partial charge in [0.15, 0.2) is 0 Å². The van der Waals surface area contributed by atoms with Gasteiger partial charge in [0.2, 0.25) is 0 Å². The first-order valence-corrected chi connectivity index (χ1v) is 8.18. The number of carbonyl (C=O) groups is 4. The molecule has 1 fully saturated rings. The van der Waals surface area contributed by atoms with Crippen molar-refractivity contribution < 1.29 is 39.6 Å². The molecule has 28 heavy (non-hydrogen) atoms. The lowest BCUT2D eigenvalue weighted by atomic mass is 10.3. The van der Waals surface area contributed by atoms with Gasteiger partial charge in [-0.05, 0) is 25.6 Å². The molecule has 11 nitrogen and oxygen atoms in total. The number of anilines is 1. The van der Waals surface area contributed by atoms with Crippen LogP contribution in [0.25, 0.3) is 0 Å². The standard InChI is InChI=1S/C13H21N3.2C2H2O4/c1-15-9-5-10-16(12-15)11-8-14-13-6-3-2-4-7-13;2*3-1(4)2(5)6/h2-4,6-7,14H,5,8-12H2,1H3;2*(H,3,4)(H,5,6)/p-4. The van der Waals surface area contributed by atoms with E-state index < -0.39 is 23.9 Å². The van der Waals surface area contributed by atoms with Gasteiger partial charge in [0, 0.05) is 31.9 Å². The van der Waals surface area contributed by atoms with Crippen LogP contribution in [0.2, 0.25) is 0 Å². The Balaban J connectivity index is 0.000000505. The lowest BCUT2D eigenvalue weighted by molar-refractivity contribution is -0.345. The van der Waals surface area contributed by atoms with E-state index in [1.54, 1.807) is 0 Å². The summed E-state index contributed by atoms with van der Waals surface area (Å²) in [5.74, 6) is -8.74. The van der Waals surface area contributed by atoms with Gasteiger partial charge in [-0.25, -0.2) is 0 Å². The number of nitrogens with zero attached hydrogens (tertiary/aromatic N) is 2. The predicted molar refractivity (Wildman–Crippen MR) is 88.6 cm³/mol. The van der Waals surface area contributed by atoms with Gasteiger partial charge >= 0.3 is 0 Å². The largest absolute Gasteiger partial charge is 0.543 e. The van der Waals surface area contributed by atoms with E-state index in [-0.39, 0.29) is 0 Å². The Kier molecular flexibility index (Phi) is 12.4. The number of hydrogen-bond acceptors (Lipinski definition) is 11. The van der Waals surface area contributed by atoms with Crippen LogP contribution < -0.4 is 25.7 Å². The molecule has 1 N–H and O–H groups in total. The van der Waals surface area contributed by atoms with Crippen LogP contribution in [0.15, 0.2) is 30.3 Å². The van der Waals surface area contributed by atoms with Crippen molar-refractivity contribution in [1.82, 2.24) is 9.80 Å². The van der Waals surface area contributed by atoms with E-state index in [0.29, 0.717) is 0 Å². The van der Waals surface area contributed by atoms with Gasteiger partial charge < -0.3 is 44.9 Å². The minimum Gasteiger partial charge on any atom is -0.543 e. The number of carboxylic acid groups (broad SMARTS) is 4. The smallest absolute Gasteiger partial charge is 0.0870 e. The van der Waals surface area contributed by atoms with Gasteiger partial charge in [0.1, 0.15) is 0 Å². The minimum atomic E-state index is -2.19. The highest BCUT2D eigenvalue weighted by atomic mass is 16.4. The molecule has 0 spiro atoms. The fourth-order valence-corrected chi connectivity index (χ4v) is 2.14. The normalized spacial score (nSPS) is 13.8. The average Bonchev–Trinajstić information content (AvgIpc) is 2.63. The third-order valence-electron chi connectivity index (χ3n) is 3.32.